The van der Waals surface area contributed by atoms with Crippen molar-refractivity contribution in [3.63, 3.8) is 0 Å². The second kappa shape index (κ2) is 10.3. The molecule has 3 aromatic heterocycles. The van der Waals surface area contributed by atoms with Crippen molar-refractivity contribution in [2.24, 2.45) is 0 Å². The van der Waals surface area contributed by atoms with Gasteiger partial charge < -0.3 is 13.7 Å². The van der Waals surface area contributed by atoms with Gasteiger partial charge in [-0.25, -0.2) is 0 Å². The Morgan fingerprint density at radius 2 is 1.12 bits per heavy atom. The standard InChI is InChI=1S/C48H31N4/c1-3-14-31(15-4-1)49-39-21-9-8-19-35(39)38-30-33(26-28-41(38)49)51-40-22-10-7-18-34(40)36-27-29-44-46(48(36)51)37-20-13-25-45-47(37)52(44)43-24-12-11-23-42(43)50(45)32-16-5-2-6-17-32/h1-30,43H/q+1. The summed E-state index contributed by atoms with van der Waals surface area (Å²) < 4.78 is 9.94. The molecule has 10 aromatic rings. The van der Waals surface area contributed by atoms with Gasteiger partial charge in [-0.1, -0.05) is 109 Å². The van der Waals surface area contributed by atoms with Crippen molar-refractivity contribution in [1.29, 1.82) is 0 Å². The number of para-hydroxylation sites is 5. The van der Waals surface area contributed by atoms with E-state index in [4.69, 9.17) is 0 Å². The topological polar surface area (TPSA) is 17.8 Å². The van der Waals surface area contributed by atoms with E-state index in [2.05, 4.69) is 200 Å². The van der Waals surface area contributed by atoms with Crippen molar-refractivity contribution in [3.8, 4) is 11.4 Å². The Morgan fingerprint density at radius 3 is 1.94 bits per heavy atom. The SMILES string of the molecule is C1=CC2=[N+](c3ccccc3)c3cccc4c5c6c(ccc5n(c34)C2C=C1)c1ccccc1n6-c1ccc2c(c1)c1ccccc1n2-c1ccccc1. The van der Waals surface area contributed by atoms with Crippen molar-refractivity contribution in [2.75, 3.05) is 0 Å². The number of nitrogens with zero attached hydrogens (tertiary/aromatic N) is 4. The highest BCUT2D eigenvalue weighted by Gasteiger charge is 2.38. The summed E-state index contributed by atoms with van der Waals surface area (Å²) in [4.78, 5) is 0. The van der Waals surface area contributed by atoms with E-state index in [1.165, 1.54) is 88.2 Å². The van der Waals surface area contributed by atoms with Gasteiger partial charge >= 0.3 is 0 Å². The van der Waals surface area contributed by atoms with Crippen molar-refractivity contribution < 1.29 is 0 Å². The van der Waals surface area contributed by atoms with Crippen molar-refractivity contribution in [2.45, 2.75) is 6.04 Å². The van der Waals surface area contributed by atoms with Gasteiger partial charge in [0.2, 0.25) is 17.1 Å². The summed E-state index contributed by atoms with van der Waals surface area (Å²) in [7, 11) is 0. The van der Waals surface area contributed by atoms with Gasteiger partial charge in [-0.05, 0) is 48.5 Å². The molecule has 242 valence electrons. The molecule has 0 saturated heterocycles. The molecule has 12 rings (SSSR count). The van der Waals surface area contributed by atoms with Gasteiger partial charge in [0.05, 0.1) is 27.6 Å². The highest BCUT2D eigenvalue weighted by Crippen LogP contribution is 2.47. The van der Waals surface area contributed by atoms with Crippen molar-refractivity contribution in [1.82, 2.24) is 18.3 Å². The second-order valence-electron chi connectivity index (χ2n) is 13.9. The summed E-state index contributed by atoms with van der Waals surface area (Å²) in [6, 6.07) is 57.8. The van der Waals surface area contributed by atoms with E-state index in [1.807, 2.05) is 0 Å². The zero-order valence-electron chi connectivity index (χ0n) is 28.2. The molecule has 4 nitrogen and oxygen atoms in total. The third kappa shape index (κ3) is 3.58. The predicted molar refractivity (Wildman–Crippen MR) is 218 cm³/mol. The minimum atomic E-state index is 0.0656. The average Bonchev–Trinajstić information content (AvgIpc) is 3.85. The van der Waals surface area contributed by atoms with Gasteiger partial charge in [-0.2, -0.15) is 4.58 Å². The lowest BCUT2D eigenvalue weighted by molar-refractivity contribution is 0.781. The summed E-state index contributed by atoms with van der Waals surface area (Å²) in [6.07, 6.45) is 8.98. The second-order valence-corrected chi connectivity index (χ2v) is 13.9. The van der Waals surface area contributed by atoms with Crippen LogP contribution in [0.15, 0.2) is 182 Å². The highest BCUT2D eigenvalue weighted by molar-refractivity contribution is 6.28. The molecule has 0 radical (unpaired) electrons. The van der Waals surface area contributed by atoms with Crippen LogP contribution in [-0.4, -0.2) is 19.4 Å². The molecule has 0 fully saturated rings. The lowest BCUT2D eigenvalue weighted by Gasteiger charge is -2.24. The van der Waals surface area contributed by atoms with Crippen LogP contribution in [0.4, 0.5) is 11.4 Å². The van der Waals surface area contributed by atoms with Crippen LogP contribution in [-0.2, 0) is 0 Å². The molecule has 0 N–H and O–H groups in total. The Balaban J connectivity index is 1.21. The third-order valence-electron chi connectivity index (χ3n) is 11.3. The molecule has 0 bridgehead atoms. The molecule has 0 amide bonds. The first-order valence-corrected chi connectivity index (χ1v) is 18.0. The third-order valence-corrected chi connectivity index (χ3v) is 11.3. The van der Waals surface area contributed by atoms with Gasteiger partial charge in [0.1, 0.15) is 11.6 Å². The Labute approximate surface area is 299 Å². The van der Waals surface area contributed by atoms with Gasteiger partial charge in [0.15, 0.2) is 0 Å². The quantitative estimate of drug-likeness (QED) is 0.168. The van der Waals surface area contributed by atoms with E-state index in [-0.39, 0.29) is 6.04 Å². The summed E-state index contributed by atoms with van der Waals surface area (Å²) in [6.45, 7) is 0. The number of fused-ring (bicyclic) bond motifs is 12. The van der Waals surface area contributed by atoms with Crippen LogP contribution in [0.5, 0.6) is 0 Å². The molecular weight excluding hydrogens is 633 g/mol. The lowest BCUT2D eigenvalue weighted by Crippen LogP contribution is -2.30. The van der Waals surface area contributed by atoms with E-state index >= 15 is 0 Å². The van der Waals surface area contributed by atoms with Crippen LogP contribution in [0.2, 0.25) is 0 Å². The highest BCUT2D eigenvalue weighted by atomic mass is 15.2. The molecule has 0 saturated carbocycles. The summed E-state index contributed by atoms with van der Waals surface area (Å²) in [5.41, 5.74) is 13.3. The number of allylic oxidation sites excluding steroid dienone is 4. The molecule has 4 heteroatoms. The van der Waals surface area contributed by atoms with Crippen molar-refractivity contribution >= 4 is 82.5 Å². The molecule has 0 spiro atoms. The number of rotatable bonds is 3. The van der Waals surface area contributed by atoms with Crippen LogP contribution in [0.3, 0.4) is 0 Å². The van der Waals surface area contributed by atoms with Crippen LogP contribution >= 0.6 is 0 Å². The summed E-state index contributed by atoms with van der Waals surface area (Å²) in [5, 5.41) is 7.58. The first kappa shape index (κ1) is 27.9. The fourth-order valence-electron chi connectivity index (χ4n) is 9.26. The maximum absolute atomic E-state index is 2.58. The fourth-order valence-corrected chi connectivity index (χ4v) is 9.26. The number of benzene rings is 7. The fraction of sp³-hybridized carbons (Fsp3) is 0.0208. The van der Waals surface area contributed by atoms with Gasteiger partial charge in [0.25, 0.3) is 0 Å². The van der Waals surface area contributed by atoms with E-state index in [1.54, 1.807) is 0 Å². The Morgan fingerprint density at radius 1 is 0.442 bits per heavy atom. The van der Waals surface area contributed by atoms with E-state index < -0.39 is 0 Å². The molecule has 2 aliphatic rings. The van der Waals surface area contributed by atoms with Crippen LogP contribution in [0.25, 0.3) is 76.8 Å². The minimum absolute atomic E-state index is 0.0656. The maximum atomic E-state index is 2.58. The molecular formula is C48H31N4+. The molecule has 1 aliphatic carbocycles. The van der Waals surface area contributed by atoms with Gasteiger partial charge in [0, 0.05) is 68.0 Å². The Bertz CT molecular complexity index is 3220. The largest absolute Gasteiger partial charge is 0.318 e. The first-order chi connectivity index (χ1) is 25.8. The van der Waals surface area contributed by atoms with Crippen LogP contribution in [0, 0.1) is 0 Å². The number of aromatic nitrogens is 3. The zero-order chi connectivity index (χ0) is 33.9. The van der Waals surface area contributed by atoms with Crippen LogP contribution < -0.4 is 4.58 Å². The lowest BCUT2D eigenvalue weighted by atomic mass is 10.0. The van der Waals surface area contributed by atoms with Crippen molar-refractivity contribution in [3.05, 3.63) is 182 Å². The minimum Gasteiger partial charge on any atom is -0.318 e. The monoisotopic (exact) mass is 663 g/mol. The molecule has 52 heavy (non-hydrogen) atoms. The van der Waals surface area contributed by atoms with E-state index in [0.29, 0.717) is 0 Å². The summed E-state index contributed by atoms with van der Waals surface area (Å²) in [5.74, 6) is 0. The molecule has 1 atom stereocenters. The van der Waals surface area contributed by atoms with E-state index in [9.17, 15) is 0 Å². The zero-order valence-corrected chi connectivity index (χ0v) is 28.2. The number of hydrogen-bond acceptors (Lipinski definition) is 0. The Hall–Kier alpha value is -6.91. The normalized spacial score (nSPS) is 15.3. The molecule has 4 heterocycles. The molecule has 1 aliphatic heterocycles. The molecule has 7 aromatic carbocycles. The van der Waals surface area contributed by atoms with E-state index in [0.717, 1.165) is 5.69 Å². The van der Waals surface area contributed by atoms with Gasteiger partial charge in [-0.15, -0.1) is 0 Å². The smallest absolute Gasteiger partial charge is 0.235 e. The predicted octanol–water partition coefficient (Wildman–Crippen LogP) is 11.9. The molecule has 1 unspecified atom stereocenters. The Kier molecular flexibility index (Phi) is 5.53. The summed E-state index contributed by atoms with van der Waals surface area (Å²) >= 11 is 0. The number of hydrogen-bond donors (Lipinski definition) is 0. The van der Waals surface area contributed by atoms with Gasteiger partial charge in [-0.3, -0.25) is 0 Å². The van der Waals surface area contributed by atoms with Crippen LogP contribution in [0.1, 0.15) is 6.04 Å². The first-order valence-electron chi connectivity index (χ1n) is 18.0. The maximum Gasteiger partial charge on any atom is 0.235 e. The average molecular weight is 664 g/mol.